The van der Waals surface area contributed by atoms with E-state index in [-0.39, 0.29) is 0 Å². The summed E-state index contributed by atoms with van der Waals surface area (Å²) in [5.41, 5.74) is 0. The van der Waals surface area contributed by atoms with Crippen LogP contribution in [-0.4, -0.2) is 3.21 Å². The first-order chi connectivity index (χ1) is 2.39. The van der Waals surface area contributed by atoms with Gasteiger partial charge in [-0.1, -0.05) is 0 Å². The average molecular weight is 145 g/mol. The number of hydrogen-bond donors (Lipinski definition) is 0. The van der Waals surface area contributed by atoms with E-state index in [1.165, 1.54) is 19.3 Å². The van der Waals surface area contributed by atoms with Crippen LogP contribution in [-0.2, 0) is 24.2 Å². The molecule has 5 heavy (non-hydrogen) atoms. The Morgan fingerprint density at radius 2 is 1.80 bits per heavy atom. The van der Waals surface area contributed by atoms with Crippen molar-refractivity contribution in [1.82, 2.24) is 0 Å². The van der Waals surface area contributed by atoms with Gasteiger partial charge in [0, 0.05) is 0 Å². The molecule has 1 aliphatic carbocycles. The first kappa shape index (κ1) is 3.93. The Hall–Kier alpha value is 0.753. The van der Waals surface area contributed by atoms with E-state index in [9.17, 15) is 0 Å². The molecular formula is C4H6Zr+2. The van der Waals surface area contributed by atoms with E-state index in [0.29, 0.717) is 0 Å². The molecule has 0 radical (unpaired) electrons. The van der Waals surface area contributed by atoms with E-state index in [2.05, 4.69) is 0 Å². The van der Waals surface area contributed by atoms with Crippen molar-refractivity contribution in [3.63, 3.8) is 0 Å². The van der Waals surface area contributed by atoms with Crippen molar-refractivity contribution in [2.45, 2.75) is 19.3 Å². The van der Waals surface area contributed by atoms with Crippen molar-refractivity contribution in [2.75, 3.05) is 0 Å². The second-order valence-corrected chi connectivity index (χ2v) is 3.20. The molecule has 24 valence electrons. The molecule has 0 unspecified atom stereocenters. The Morgan fingerprint density at radius 1 is 1.40 bits per heavy atom. The van der Waals surface area contributed by atoms with Gasteiger partial charge < -0.3 is 0 Å². The summed E-state index contributed by atoms with van der Waals surface area (Å²) in [6.07, 6.45) is 4.36. The number of hydrogen-bond acceptors (Lipinski definition) is 0. The molecule has 0 spiro atoms. The second-order valence-electron chi connectivity index (χ2n) is 1.46. The SMILES string of the molecule is [Zr+2]=[C]1CCC1. The molecule has 1 saturated carbocycles. The third kappa shape index (κ3) is 0.790. The fraction of sp³-hybridized carbons (Fsp3) is 0.750. The van der Waals surface area contributed by atoms with Crippen molar-refractivity contribution < 1.29 is 24.2 Å². The van der Waals surface area contributed by atoms with Gasteiger partial charge in [-0.2, -0.15) is 0 Å². The summed E-state index contributed by atoms with van der Waals surface area (Å²) >= 11 is 1.67. The van der Waals surface area contributed by atoms with Gasteiger partial charge in [0.2, 0.25) is 0 Å². The molecule has 0 bridgehead atoms. The van der Waals surface area contributed by atoms with Crippen molar-refractivity contribution in [1.29, 1.82) is 0 Å². The summed E-state index contributed by atoms with van der Waals surface area (Å²) in [6, 6.07) is 0. The van der Waals surface area contributed by atoms with Crippen molar-refractivity contribution in [2.24, 2.45) is 0 Å². The zero-order valence-corrected chi connectivity index (χ0v) is 5.58. The summed E-state index contributed by atoms with van der Waals surface area (Å²) in [4.78, 5) is 0. The predicted octanol–water partition coefficient (Wildman–Crippen LogP) is 0.889. The van der Waals surface area contributed by atoms with Crippen molar-refractivity contribution in [3.05, 3.63) is 0 Å². The normalized spacial score (nSPS) is 22.4. The van der Waals surface area contributed by atoms with Crippen LogP contribution in [0.15, 0.2) is 0 Å². The third-order valence-corrected chi connectivity index (χ3v) is 2.19. The van der Waals surface area contributed by atoms with Crippen LogP contribution in [0.1, 0.15) is 19.3 Å². The summed E-state index contributed by atoms with van der Waals surface area (Å²) in [5.74, 6) is 0. The van der Waals surface area contributed by atoms with Crippen LogP contribution < -0.4 is 0 Å². The fourth-order valence-electron chi connectivity index (χ4n) is 0.354. The predicted molar refractivity (Wildman–Crippen MR) is 18.9 cm³/mol. The Bertz CT molecular complexity index is 50.7. The van der Waals surface area contributed by atoms with Gasteiger partial charge in [0.05, 0.1) is 0 Å². The molecule has 0 saturated heterocycles. The first-order valence-electron chi connectivity index (χ1n) is 1.96. The van der Waals surface area contributed by atoms with Gasteiger partial charge >= 0.3 is 46.7 Å². The Kier molecular flexibility index (Phi) is 1.15. The summed E-state index contributed by atoms with van der Waals surface area (Å²) in [5, 5.41) is 0. The topological polar surface area (TPSA) is 0 Å². The average Bonchev–Trinajstić information content (AvgIpc) is 1.30. The van der Waals surface area contributed by atoms with Crippen LogP contribution in [0.3, 0.4) is 0 Å². The van der Waals surface area contributed by atoms with Gasteiger partial charge in [-0.25, -0.2) is 0 Å². The summed E-state index contributed by atoms with van der Waals surface area (Å²) in [6.45, 7) is 0. The van der Waals surface area contributed by atoms with Crippen LogP contribution in [0.4, 0.5) is 0 Å². The van der Waals surface area contributed by atoms with E-state index in [0.717, 1.165) is 0 Å². The molecule has 1 rings (SSSR count). The van der Waals surface area contributed by atoms with Gasteiger partial charge in [-0.15, -0.1) is 0 Å². The van der Waals surface area contributed by atoms with Gasteiger partial charge in [0.25, 0.3) is 0 Å². The van der Waals surface area contributed by atoms with Crippen LogP contribution in [0.25, 0.3) is 0 Å². The van der Waals surface area contributed by atoms with E-state index < -0.39 is 0 Å². The molecule has 0 nitrogen and oxygen atoms in total. The van der Waals surface area contributed by atoms with Crippen molar-refractivity contribution >= 4 is 3.21 Å². The quantitative estimate of drug-likeness (QED) is 0.475. The molecule has 0 N–H and O–H groups in total. The van der Waals surface area contributed by atoms with Gasteiger partial charge in [0.1, 0.15) is 0 Å². The molecule has 0 amide bonds. The van der Waals surface area contributed by atoms with Crippen LogP contribution in [0, 0.1) is 0 Å². The van der Waals surface area contributed by atoms with E-state index in [1.54, 1.807) is 27.4 Å². The molecule has 0 atom stereocenters. The third-order valence-electron chi connectivity index (χ3n) is 0.957. The van der Waals surface area contributed by atoms with Gasteiger partial charge in [-0.05, 0) is 0 Å². The second kappa shape index (κ2) is 1.47. The van der Waals surface area contributed by atoms with E-state index >= 15 is 0 Å². The summed E-state index contributed by atoms with van der Waals surface area (Å²) < 4.78 is 1.78. The van der Waals surface area contributed by atoms with E-state index in [1.807, 2.05) is 0 Å². The number of rotatable bonds is 0. The molecule has 0 aromatic rings. The maximum absolute atomic E-state index is 1.78. The van der Waals surface area contributed by atoms with Crippen LogP contribution in [0.2, 0.25) is 0 Å². The molecule has 1 heteroatoms. The molecule has 1 fully saturated rings. The molecule has 0 heterocycles. The Labute approximate surface area is 46.9 Å². The summed E-state index contributed by atoms with van der Waals surface area (Å²) in [7, 11) is 0. The molecule has 0 aromatic carbocycles. The fourth-order valence-corrected chi connectivity index (χ4v) is 1.22. The standard InChI is InChI=1S/C4H6.Zr/c1-2-4-3-1;/h1-3H2;/q;+2. The van der Waals surface area contributed by atoms with Gasteiger partial charge in [0.15, 0.2) is 0 Å². The van der Waals surface area contributed by atoms with E-state index in [4.69, 9.17) is 0 Å². The Balaban J connectivity index is 2.32. The Morgan fingerprint density at radius 3 is 1.80 bits per heavy atom. The minimum atomic E-state index is 1.44. The van der Waals surface area contributed by atoms with Crippen LogP contribution >= 0.6 is 0 Å². The molecular weight excluding hydrogens is 139 g/mol. The van der Waals surface area contributed by atoms with Crippen molar-refractivity contribution in [3.8, 4) is 0 Å². The maximum atomic E-state index is 1.78. The molecule has 0 aliphatic heterocycles. The van der Waals surface area contributed by atoms with Gasteiger partial charge in [-0.3, -0.25) is 0 Å². The zero-order valence-electron chi connectivity index (χ0n) is 3.12. The molecule has 1 aliphatic rings. The zero-order chi connectivity index (χ0) is 3.70. The minimum absolute atomic E-state index is 1.44. The first-order valence-corrected chi connectivity index (χ1v) is 3.19. The van der Waals surface area contributed by atoms with Crippen LogP contribution in [0.5, 0.6) is 0 Å². The molecule has 0 aromatic heterocycles. The monoisotopic (exact) mass is 144 g/mol.